The molecule has 8 nitrogen and oxygen atoms in total. The zero-order valence-electron chi connectivity index (χ0n) is 27.0. The van der Waals surface area contributed by atoms with Crippen LogP contribution >= 0.6 is 0 Å². The summed E-state index contributed by atoms with van der Waals surface area (Å²) < 4.78 is 52.9. The highest BCUT2D eigenvalue weighted by atomic mass is 28.3. The van der Waals surface area contributed by atoms with E-state index in [1.54, 1.807) is 18.3 Å². The number of aromatic nitrogens is 3. The first-order chi connectivity index (χ1) is 20.8. The van der Waals surface area contributed by atoms with Gasteiger partial charge in [-0.05, 0) is 73.9 Å². The SMILES string of the molecule is C[Si](C)(C)CCOCn1ncc2c(c(CC3CC3)c(-c3ccc(OC(F)F)c(OC4CC4)c3)n2COCC[Si](C)(C)C)c1=O. The van der Waals surface area contributed by atoms with E-state index in [2.05, 4.69) is 44.4 Å². The molecule has 0 radical (unpaired) electrons. The van der Waals surface area contributed by atoms with Crippen molar-refractivity contribution in [2.24, 2.45) is 5.92 Å². The molecule has 0 unspecified atom stereocenters. The van der Waals surface area contributed by atoms with Gasteiger partial charge < -0.3 is 23.5 Å². The maximum Gasteiger partial charge on any atom is 0.387 e. The van der Waals surface area contributed by atoms with E-state index in [9.17, 15) is 13.6 Å². The quantitative estimate of drug-likeness (QED) is 0.111. The van der Waals surface area contributed by atoms with Crippen molar-refractivity contribution in [2.75, 3.05) is 13.2 Å². The Labute approximate surface area is 260 Å². The molecule has 0 atom stereocenters. The van der Waals surface area contributed by atoms with Crippen LogP contribution in [-0.2, 0) is 29.4 Å². The Morgan fingerprint density at radius 3 is 2.18 bits per heavy atom. The Morgan fingerprint density at radius 2 is 1.59 bits per heavy atom. The van der Waals surface area contributed by atoms with Crippen molar-refractivity contribution >= 4 is 27.1 Å². The van der Waals surface area contributed by atoms with Gasteiger partial charge in [-0.25, -0.2) is 4.68 Å². The van der Waals surface area contributed by atoms with Gasteiger partial charge in [0.1, 0.15) is 13.5 Å². The molecule has 12 heteroatoms. The summed E-state index contributed by atoms with van der Waals surface area (Å²) in [5, 5.41) is 5.13. The van der Waals surface area contributed by atoms with E-state index in [1.807, 2.05) is 4.57 Å². The molecule has 3 aromatic rings. The number of benzene rings is 1. The number of ether oxygens (including phenoxy) is 4. The molecular formula is C32H47F2N3O5Si2. The van der Waals surface area contributed by atoms with E-state index in [1.165, 1.54) is 10.7 Å². The highest BCUT2D eigenvalue weighted by molar-refractivity contribution is 6.76. The molecule has 0 saturated heterocycles. The van der Waals surface area contributed by atoms with Crippen molar-refractivity contribution in [1.29, 1.82) is 0 Å². The minimum absolute atomic E-state index is 0.00734. The van der Waals surface area contributed by atoms with Crippen LogP contribution in [0.4, 0.5) is 8.78 Å². The second kappa shape index (κ2) is 13.4. The summed E-state index contributed by atoms with van der Waals surface area (Å²) in [5.74, 6) is 0.775. The normalized spacial score (nSPS) is 15.8. The molecule has 0 N–H and O–H groups in total. The number of alkyl halides is 2. The van der Waals surface area contributed by atoms with Crippen molar-refractivity contribution in [3.8, 4) is 22.8 Å². The van der Waals surface area contributed by atoms with Crippen LogP contribution < -0.4 is 15.0 Å². The number of nitrogens with zero attached hydrogens (tertiary/aromatic N) is 3. The van der Waals surface area contributed by atoms with Crippen molar-refractivity contribution in [1.82, 2.24) is 14.3 Å². The fourth-order valence-electron chi connectivity index (χ4n) is 5.11. The third kappa shape index (κ3) is 8.79. The summed E-state index contributed by atoms with van der Waals surface area (Å²) in [6.07, 6.45) is 6.42. The minimum atomic E-state index is -2.96. The van der Waals surface area contributed by atoms with E-state index < -0.39 is 22.8 Å². The Bertz CT molecular complexity index is 1500. The number of fused-ring (bicyclic) bond motifs is 1. The van der Waals surface area contributed by atoms with Gasteiger partial charge >= 0.3 is 6.61 Å². The van der Waals surface area contributed by atoms with Gasteiger partial charge in [-0.2, -0.15) is 13.9 Å². The molecule has 2 saturated carbocycles. The molecule has 2 aliphatic carbocycles. The highest BCUT2D eigenvalue weighted by Gasteiger charge is 2.31. The van der Waals surface area contributed by atoms with E-state index in [-0.39, 0.29) is 36.6 Å². The molecule has 2 heterocycles. The van der Waals surface area contributed by atoms with Crippen LogP contribution in [0.5, 0.6) is 11.5 Å². The standard InChI is InChI=1S/C32H47F2N3O5Si2/c1-43(2,3)15-13-39-20-36-26-19-35-37(21-40-14-16-44(4,5)6)31(38)29(26)25(17-22-7-8-22)30(36)23-9-12-27(42-32(33)34)28(18-23)41-24-10-11-24/h9,12,18-19,22,24,32H,7-8,10-11,13-17,20-21H2,1-6H3. The van der Waals surface area contributed by atoms with Crippen LogP contribution in [0.25, 0.3) is 22.2 Å². The second-order valence-electron chi connectivity index (χ2n) is 14.7. The van der Waals surface area contributed by atoms with Crippen molar-refractivity contribution in [2.45, 2.75) is 110 Å². The molecular weight excluding hydrogens is 601 g/mol. The van der Waals surface area contributed by atoms with Gasteiger partial charge in [0, 0.05) is 34.9 Å². The van der Waals surface area contributed by atoms with E-state index in [4.69, 9.17) is 18.9 Å². The first-order valence-electron chi connectivity index (χ1n) is 15.8. The van der Waals surface area contributed by atoms with E-state index >= 15 is 0 Å². The predicted octanol–water partition coefficient (Wildman–Crippen LogP) is 7.58. The minimum Gasteiger partial charge on any atom is -0.487 e. The topological polar surface area (TPSA) is 76.7 Å². The van der Waals surface area contributed by atoms with Crippen LogP contribution in [0.15, 0.2) is 29.2 Å². The Hall–Kier alpha value is -2.55. The molecule has 2 aromatic heterocycles. The number of rotatable bonds is 17. The average Bonchev–Trinajstić information content (AvgIpc) is 3.85. The van der Waals surface area contributed by atoms with Gasteiger partial charge in [0.25, 0.3) is 5.56 Å². The van der Waals surface area contributed by atoms with Gasteiger partial charge in [0.15, 0.2) is 11.5 Å². The van der Waals surface area contributed by atoms with Gasteiger partial charge in [-0.3, -0.25) is 4.79 Å². The summed E-state index contributed by atoms with van der Waals surface area (Å²) >= 11 is 0. The lowest BCUT2D eigenvalue weighted by Crippen LogP contribution is -2.26. The molecule has 44 heavy (non-hydrogen) atoms. The lowest BCUT2D eigenvalue weighted by atomic mass is 10.0. The largest absolute Gasteiger partial charge is 0.487 e. The summed E-state index contributed by atoms with van der Waals surface area (Å²) in [6.45, 7) is 12.4. The third-order valence-corrected chi connectivity index (χ3v) is 11.4. The van der Waals surface area contributed by atoms with Crippen molar-refractivity contribution in [3.63, 3.8) is 0 Å². The zero-order chi connectivity index (χ0) is 31.6. The summed E-state index contributed by atoms with van der Waals surface area (Å²) in [6, 6.07) is 7.09. The summed E-state index contributed by atoms with van der Waals surface area (Å²) in [4.78, 5) is 14.0. The second-order valence-corrected chi connectivity index (χ2v) is 25.9. The summed E-state index contributed by atoms with van der Waals surface area (Å²) in [7, 11) is -2.60. The van der Waals surface area contributed by atoms with Crippen LogP contribution in [0.1, 0.15) is 31.2 Å². The van der Waals surface area contributed by atoms with Gasteiger partial charge in [-0.15, -0.1) is 0 Å². The lowest BCUT2D eigenvalue weighted by Gasteiger charge is -2.18. The maximum absolute atomic E-state index is 14.0. The van der Waals surface area contributed by atoms with E-state index in [0.29, 0.717) is 30.0 Å². The van der Waals surface area contributed by atoms with Gasteiger partial charge in [0.05, 0.1) is 28.9 Å². The molecule has 1 aromatic carbocycles. The Balaban J connectivity index is 1.59. The first kappa shape index (κ1) is 32.8. The lowest BCUT2D eigenvalue weighted by molar-refractivity contribution is -0.0516. The fraction of sp³-hybridized carbons (Fsp3) is 0.625. The molecule has 0 spiro atoms. The van der Waals surface area contributed by atoms with Crippen LogP contribution in [-0.4, -0.2) is 56.4 Å². The third-order valence-electron chi connectivity index (χ3n) is 8.04. The van der Waals surface area contributed by atoms with E-state index in [0.717, 1.165) is 61.0 Å². The Kier molecular flexibility index (Phi) is 10.0. The molecule has 242 valence electrons. The number of halogens is 2. The average molecular weight is 648 g/mol. The van der Waals surface area contributed by atoms with Gasteiger partial charge in [-0.1, -0.05) is 39.3 Å². The zero-order valence-corrected chi connectivity index (χ0v) is 29.0. The molecule has 2 aliphatic rings. The Morgan fingerprint density at radius 1 is 0.932 bits per heavy atom. The monoisotopic (exact) mass is 647 g/mol. The molecule has 2 fully saturated rings. The van der Waals surface area contributed by atoms with Crippen LogP contribution in [0.2, 0.25) is 51.4 Å². The highest BCUT2D eigenvalue weighted by Crippen LogP contribution is 2.43. The number of hydrogen-bond acceptors (Lipinski definition) is 6. The number of hydrogen-bond donors (Lipinski definition) is 0. The smallest absolute Gasteiger partial charge is 0.387 e. The molecule has 5 rings (SSSR count). The maximum atomic E-state index is 14.0. The van der Waals surface area contributed by atoms with Crippen molar-refractivity contribution < 1.29 is 27.7 Å². The summed E-state index contributed by atoms with van der Waals surface area (Å²) in [5.41, 5.74) is 3.03. The van der Waals surface area contributed by atoms with Gasteiger partial charge in [0.2, 0.25) is 0 Å². The molecule has 0 aliphatic heterocycles. The predicted molar refractivity (Wildman–Crippen MR) is 174 cm³/mol. The first-order valence-corrected chi connectivity index (χ1v) is 23.2. The molecule has 0 bridgehead atoms. The van der Waals surface area contributed by atoms with Crippen LogP contribution in [0.3, 0.4) is 0 Å². The van der Waals surface area contributed by atoms with Crippen LogP contribution in [0, 0.1) is 5.92 Å². The van der Waals surface area contributed by atoms with Crippen molar-refractivity contribution in [3.05, 3.63) is 40.3 Å². The molecule has 0 amide bonds. The fourth-order valence-corrected chi connectivity index (χ4v) is 6.62.